The van der Waals surface area contributed by atoms with Crippen molar-refractivity contribution in [3.8, 4) is 10.6 Å². The molecule has 0 saturated carbocycles. The Balaban J connectivity index is 2.33. The summed E-state index contributed by atoms with van der Waals surface area (Å²) in [6.45, 7) is 4.09. The fourth-order valence-electron chi connectivity index (χ4n) is 2.67. The fraction of sp³-hybridized carbons (Fsp3) is 0.188. The van der Waals surface area contributed by atoms with Crippen molar-refractivity contribution >= 4 is 28.2 Å². The Labute approximate surface area is 120 Å². The van der Waals surface area contributed by atoms with E-state index < -0.39 is 5.97 Å². The van der Waals surface area contributed by atoms with Crippen molar-refractivity contribution in [1.82, 2.24) is 4.98 Å². The second kappa shape index (κ2) is 4.80. The third-order valence-electron chi connectivity index (χ3n) is 3.45. The zero-order valence-corrected chi connectivity index (χ0v) is 12.2. The van der Waals surface area contributed by atoms with E-state index in [4.69, 9.17) is 0 Å². The van der Waals surface area contributed by atoms with Crippen LogP contribution in [0.3, 0.4) is 0 Å². The highest BCUT2D eigenvalue weighted by Crippen LogP contribution is 2.35. The van der Waals surface area contributed by atoms with Crippen LogP contribution >= 0.6 is 11.3 Å². The molecule has 102 valence electrons. The number of hydrogen-bond donors (Lipinski definition) is 2. The first-order chi connectivity index (χ1) is 9.56. The van der Waals surface area contributed by atoms with E-state index in [-0.39, 0.29) is 6.42 Å². The van der Waals surface area contributed by atoms with Crippen molar-refractivity contribution in [3.05, 3.63) is 46.3 Å². The Hall–Kier alpha value is -2.07. The number of fused-ring (bicyclic) bond motifs is 1. The zero-order valence-electron chi connectivity index (χ0n) is 11.4. The predicted octanol–water partition coefficient (Wildman–Crippen LogP) is 4.14. The van der Waals surface area contributed by atoms with E-state index in [2.05, 4.69) is 24.0 Å². The quantitative estimate of drug-likeness (QED) is 0.760. The van der Waals surface area contributed by atoms with Gasteiger partial charge < -0.3 is 10.1 Å². The standard InChI is InChI=1S/C16H15NO2S/c1-9-6-10(2)15-11(7-9)12(8-14(18)19)16(17-15)13-4-3-5-20-13/h3-7,17H,8H2,1-2H3,(H,18,19). The number of benzene rings is 1. The van der Waals surface area contributed by atoms with Crippen LogP contribution in [-0.4, -0.2) is 16.1 Å². The number of aromatic nitrogens is 1. The summed E-state index contributed by atoms with van der Waals surface area (Å²) in [5.41, 5.74) is 5.15. The van der Waals surface area contributed by atoms with Gasteiger partial charge in [-0.15, -0.1) is 11.3 Å². The highest BCUT2D eigenvalue weighted by Gasteiger charge is 2.17. The first kappa shape index (κ1) is 12.9. The van der Waals surface area contributed by atoms with E-state index in [1.165, 1.54) is 0 Å². The summed E-state index contributed by atoms with van der Waals surface area (Å²) in [7, 11) is 0. The molecule has 0 fully saturated rings. The molecule has 2 aromatic heterocycles. The number of hydrogen-bond acceptors (Lipinski definition) is 2. The molecule has 0 spiro atoms. The van der Waals surface area contributed by atoms with Gasteiger partial charge in [0, 0.05) is 10.9 Å². The molecule has 0 atom stereocenters. The molecule has 20 heavy (non-hydrogen) atoms. The lowest BCUT2D eigenvalue weighted by molar-refractivity contribution is -0.136. The molecule has 4 heteroatoms. The number of carboxylic acids is 1. The first-order valence-electron chi connectivity index (χ1n) is 6.43. The Kier molecular flexibility index (Phi) is 3.10. The molecule has 0 unspecified atom stereocenters. The van der Waals surface area contributed by atoms with Gasteiger partial charge in [-0.3, -0.25) is 4.79 Å². The minimum atomic E-state index is -0.803. The topological polar surface area (TPSA) is 53.1 Å². The summed E-state index contributed by atoms with van der Waals surface area (Å²) < 4.78 is 0. The highest BCUT2D eigenvalue weighted by atomic mass is 32.1. The number of nitrogens with one attached hydrogen (secondary N) is 1. The molecule has 2 heterocycles. The lowest BCUT2D eigenvalue weighted by Crippen LogP contribution is -2.00. The molecule has 3 rings (SSSR count). The van der Waals surface area contributed by atoms with Gasteiger partial charge in [-0.1, -0.05) is 17.7 Å². The van der Waals surface area contributed by atoms with Crippen molar-refractivity contribution in [2.75, 3.05) is 0 Å². The van der Waals surface area contributed by atoms with Gasteiger partial charge in [-0.05, 0) is 42.5 Å². The molecular formula is C16H15NO2S. The number of H-pyrrole nitrogens is 1. The molecule has 0 amide bonds. The summed E-state index contributed by atoms with van der Waals surface area (Å²) in [6, 6.07) is 8.17. The van der Waals surface area contributed by atoms with Crippen LogP contribution in [0.5, 0.6) is 0 Å². The third kappa shape index (κ3) is 2.12. The molecule has 2 N–H and O–H groups in total. The minimum Gasteiger partial charge on any atom is -0.481 e. The molecule has 3 aromatic rings. The van der Waals surface area contributed by atoms with E-state index in [1.54, 1.807) is 11.3 Å². The number of aromatic amines is 1. The van der Waals surface area contributed by atoms with Gasteiger partial charge in [-0.25, -0.2) is 0 Å². The van der Waals surface area contributed by atoms with E-state index in [0.717, 1.165) is 38.2 Å². The summed E-state index contributed by atoms with van der Waals surface area (Å²) in [5.74, 6) is -0.803. The molecule has 0 aliphatic carbocycles. The normalized spacial score (nSPS) is 11.1. The van der Waals surface area contributed by atoms with Gasteiger partial charge >= 0.3 is 5.97 Å². The van der Waals surface area contributed by atoms with E-state index >= 15 is 0 Å². The minimum absolute atomic E-state index is 0.0378. The summed E-state index contributed by atoms with van der Waals surface area (Å²) in [5, 5.41) is 12.2. The molecule has 3 nitrogen and oxygen atoms in total. The molecule has 0 radical (unpaired) electrons. The lowest BCUT2D eigenvalue weighted by atomic mass is 10.0. The van der Waals surface area contributed by atoms with Crippen LogP contribution < -0.4 is 0 Å². The number of rotatable bonds is 3. The van der Waals surface area contributed by atoms with Gasteiger partial charge in [-0.2, -0.15) is 0 Å². The molecule has 0 saturated heterocycles. The van der Waals surface area contributed by atoms with Gasteiger partial charge in [0.15, 0.2) is 0 Å². The van der Waals surface area contributed by atoms with Crippen LogP contribution in [0.1, 0.15) is 16.7 Å². The number of carbonyl (C=O) groups is 1. The van der Waals surface area contributed by atoms with Gasteiger partial charge in [0.2, 0.25) is 0 Å². The Morgan fingerprint density at radius 2 is 2.15 bits per heavy atom. The van der Waals surface area contributed by atoms with Gasteiger partial charge in [0.05, 0.1) is 17.0 Å². The molecule has 0 aliphatic heterocycles. The van der Waals surface area contributed by atoms with Gasteiger partial charge in [0.25, 0.3) is 0 Å². The van der Waals surface area contributed by atoms with Crippen molar-refractivity contribution in [2.24, 2.45) is 0 Å². The fourth-order valence-corrected chi connectivity index (χ4v) is 3.43. The average molecular weight is 285 g/mol. The van der Waals surface area contributed by atoms with E-state index in [0.29, 0.717) is 0 Å². The molecule has 0 bridgehead atoms. The smallest absolute Gasteiger partial charge is 0.307 e. The van der Waals surface area contributed by atoms with Crippen molar-refractivity contribution in [2.45, 2.75) is 20.3 Å². The van der Waals surface area contributed by atoms with E-state index in [1.807, 2.05) is 24.4 Å². The number of aliphatic carboxylic acids is 1. The average Bonchev–Trinajstić information content (AvgIpc) is 2.97. The Bertz CT molecular complexity index is 785. The maximum atomic E-state index is 11.2. The van der Waals surface area contributed by atoms with Crippen LogP contribution in [0, 0.1) is 13.8 Å². The maximum Gasteiger partial charge on any atom is 0.307 e. The second-order valence-electron chi connectivity index (χ2n) is 5.03. The zero-order chi connectivity index (χ0) is 14.3. The van der Waals surface area contributed by atoms with Crippen LogP contribution in [0.15, 0.2) is 29.6 Å². The summed E-state index contributed by atoms with van der Waals surface area (Å²) in [6.07, 6.45) is 0.0378. The van der Waals surface area contributed by atoms with Crippen LogP contribution in [0.4, 0.5) is 0 Å². The Morgan fingerprint density at radius 1 is 1.35 bits per heavy atom. The van der Waals surface area contributed by atoms with Crippen molar-refractivity contribution < 1.29 is 9.90 Å². The van der Waals surface area contributed by atoms with Crippen LogP contribution in [0.2, 0.25) is 0 Å². The number of carboxylic acid groups (broad SMARTS) is 1. The lowest BCUT2D eigenvalue weighted by Gasteiger charge is -2.01. The SMILES string of the molecule is Cc1cc(C)c2[nH]c(-c3cccs3)c(CC(=O)O)c2c1. The number of aryl methyl sites for hydroxylation is 2. The monoisotopic (exact) mass is 285 g/mol. The third-order valence-corrected chi connectivity index (χ3v) is 4.34. The van der Waals surface area contributed by atoms with E-state index in [9.17, 15) is 9.90 Å². The first-order valence-corrected chi connectivity index (χ1v) is 7.31. The second-order valence-corrected chi connectivity index (χ2v) is 5.98. The Morgan fingerprint density at radius 3 is 2.80 bits per heavy atom. The summed E-state index contributed by atoms with van der Waals surface area (Å²) >= 11 is 1.62. The predicted molar refractivity (Wildman–Crippen MR) is 82.4 cm³/mol. The maximum absolute atomic E-state index is 11.2. The van der Waals surface area contributed by atoms with Crippen LogP contribution in [-0.2, 0) is 11.2 Å². The molecule has 1 aromatic carbocycles. The van der Waals surface area contributed by atoms with Crippen LogP contribution in [0.25, 0.3) is 21.5 Å². The number of thiophene rings is 1. The molecule has 0 aliphatic rings. The van der Waals surface area contributed by atoms with Crippen molar-refractivity contribution in [1.29, 1.82) is 0 Å². The molecular weight excluding hydrogens is 270 g/mol. The summed E-state index contributed by atoms with van der Waals surface area (Å²) in [4.78, 5) is 15.7. The van der Waals surface area contributed by atoms with Crippen molar-refractivity contribution in [3.63, 3.8) is 0 Å². The highest BCUT2D eigenvalue weighted by molar-refractivity contribution is 7.13. The largest absolute Gasteiger partial charge is 0.481 e. The van der Waals surface area contributed by atoms with Gasteiger partial charge in [0.1, 0.15) is 0 Å².